The van der Waals surface area contributed by atoms with Crippen molar-refractivity contribution in [3.63, 3.8) is 0 Å². The standard InChI is InChI=1S/C15H12FNO2S/c16-12-6-1-2-7-13(12)17-15(19)14-9-8-11(20-14)5-3-4-10-18/h1-2,6-9,18H,4,10H2,(H,17,19). The number of rotatable bonds is 3. The Hall–Kier alpha value is -2.16. The van der Waals surface area contributed by atoms with E-state index in [1.54, 1.807) is 24.3 Å². The van der Waals surface area contributed by atoms with Crippen LogP contribution in [0.15, 0.2) is 36.4 Å². The third-order valence-corrected chi connectivity index (χ3v) is 3.40. The fourth-order valence-electron chi connectivity index (χ4n) is 1.48. The lowest BCUT2D eigenvalue weighted by atomic mass is 10.3. The molecule has 2 rings (SSSR count). The molecule has 0 unspecified atom stereocenters. The molecule has 0 aliphatic heterocycles. The first-order valence-electron chi connectivity index (χ1n) is 5.96. The van der Waals surface area contributed by atoms with Crippen molar-refractivity contribution in [1.29, 1.82) is 0 Å². The molecule has 2 N–H and O–H groups in total. The summed E-state index contributed by atoms with van der Waals surface area (Å²) in [7, 11) is 0. The SMILES string of the molecule is O=C(Nc1ccccc1F)c1ccc(C#CCCO)s1. The van der Waals surface area contributed by atoms with Gasteiger partial charge in [0.1, 0.15) is 5.82 Å². The highest BCUT2D eigenvalue weighted by molar-refractivity contribution is 7.14. The van der Waals surface area contributed by atoms with Gasteiger partial charge < -0.3 is 10.4 Å². The van der Waals surface area contributed by atoms with Gasteiger partial charge in [-0.15, -0.1) is 11.3 Å². The van der Waals surface area contributed by atoms with Gasteiger partial charge in [0.25, 0.3) is 5.91 Å². The third-order valence-electron chi connectivity index (χ3n) is 2.40. The van der Waals surface area contributed by atoms with Crippen LogP contribution in [0.25, 0.3) is 0 Å². The number of para-hydroxylation sites is 1. The smallest absolute Gasteiger partial charge is 0.265 e. The predicted molar refractivity (Wildman–Crippen MR) is 77.3 cm³/mol. The summed E-state index contributed by atoms with van der Waals surface area (Å²) in [5, 5.41) is 11.1. The lowest BCUT2D eigenvalue weighted by Crippen LogP contribution is -2.11. The summed E-state index contributed by atoms with van der Waals surface area (Å²) >= 11 is 1.23. The molecule has 0 aliphatic rings. The maximum absolute atomic E-state index is 13.4. The molecule has 20 heavy (non-hydrogen) atoms. The van der Waals surface area contributed by atoms with Crippen LogP contribution in [0.3, 0.4) is 0 Å². The topological polar surface area (TPSA) is 49.3 Å². The second kappa shape index (κ2) is 6.85. The monoisotopic (exact) mass is 289 g/mol. The second-order valence-electron chi connectivity index (χ2n) is 3.87. The number of benzene rings is 1. The molecule has 1 heterocycles. The van der Waals surface area contributed by atoms with Crippen LogP contribution in [0.5, 0.6) is 0 Å². The van der Waals surface area contributed by atoms with Crippen molar-refractivity contribution in [2.75, 3.05) is 11.9 Å². The Kier molecular flexibility index (Phi) is 4.88. The van der Waals surface area contributed by atoms with Crippen LogP contribution in [0.2, 0.25) is 0 Å². The van der Waals surface area contributed by atoms with Gasteiger partial charge in [-0.2, -0.15) is 0 Å². The number of aliphatic hydroxyl groups excluding tert-OH is 1. The fourth-order valence-corrected chi connectivity index (χ4v) is 2.26. The van der Waals surface area contributed by atoms with Crippen molar-refractivity contribution in [1.82, 2.24) is 0 Å². The van der Waals surface area contributed by atoms with Crippen LogP contribution in [-0.4, -0.2) is 17.6 Å². The minimum atomic E-state index is -0.472. The Morgan fingerprint density at radius 1 is 1.30 bits per heavy atom. The van der Waals surface area contributed by atoms with E-state index in [9.17, 15) is 9.18 Å². The zero-order chi connectivity index (χ0) is 14.4. The molecule has 0 saturated heterocycles. The van der Waals surface area contributed by atoms with E-state index >= 15 is 0 Å². The Morgan fingerprint density at radius 3 is 2.85 bits per heavy atom. The van der Waals surface area contributed by atoms with Crippen LogP contribution in [-0.2, 0) is 0 Å². The van der Waals surface area contributed by atoms with Gasteiger partial charge in [-0.3, -0.25) is 4.79 Å². The Bertz CT molecular complexity index is 670. The van der Waals surface area contributed by atoms with Gasteiger partial charge in [0, 0.05) is 6.42 Å². The third kappa shape index (κ3) is 3.67. The lowest BCUT2D eigenvalue weighted by molar-refractivity contribution is 0.103. The van der Waals surface area contributed by atoms with Crippen molar-refractivity contribution < 1.29 is 14.3 Å². The molecular weight excluding hydrogens is 277 g/mol. The summed E-state index contributed by atoms with van der Waals surface area (Å²) in [4.78, 5) is 13.1. The van der Waals surface area contributed by atoms with Gasteiger partial charge in [-0.1, -0.05) is 24.0 Å². The fraction of sp³-hybridized carbons (Fsp3) is 0.133. The van der Waals surface area contributed by atoms with Gasteiger partial charge >= 0.3 is 0 Å². The van der Waals surface area contributed by atoms with Crippen molar-refractivity contribution in [3.8, 4) is 11.8 Å². The molecule has 0 atom stereocenters. The van der Waals surface area contributed by atoms with Crippen LogP contribution in [0.4, 0.5) is 10.1 Å². The molecule has 1 amide bonds. The van der Waals surface area contributed by atoms with E-state index in [4.69, 9.17) is 5.11 Å². The van der Waals surface area contributed by atoms with Crippen LogP contribution < -0.4 is 5.32 Å². The molecule has 2 aromatic rings. The maximum atomic E-state index is 13.4. The van der Waals surface area contributed by atoms with Crippen LogP contribution in [0, 0.1) is 17.7 Å². The highest BCUT2D eigenvalue weighted by Crippen LogP contribution is 2.19. The summed E-state index contributed by atoms with van der Waals surface area (Å²) in [6.45, 7) is 0.0129. The van der Waals surface area contributed by atoms with Crippen molar-refractivity contribution in [2.24, 2.45) is 0 Å². The van der Waals surface area contributed by atoms with E-state index in [1.165, 1.54) is 23.5 Å². The molecule has 0 aliphatic carbocycles. The molecule has 0 bridgehead atoms. The summed E-state index contributed by atoms with van der Waals surface area (Å²) in [6.07, 6.45) is 0.397. The first-order chi connectivity index (χ1) is 9.70. The molecule has 1 aromatic heterocycles. The first kappa shape index (κ1) is 14.3. The van der Waals surface area contributed by atoms with E-state index in [0.717, 1.165) is 4.88 Å². The lowest BCUT2D eigenvalue weighted by Gasteiger charge is -2.03. The number of hydrogen-bond donors (Lipinski definition) is 2. The van der Waals surface area contributed by atoms with Gasteiger partial charge in [-0.05, 0) is 24.3 Å². The molecule has 0 radical (unpaired) electrons. The number of thiophene rings is 1. The highest BCUT2D eigenvalue weighted by Gasteiger charge is 2.10. The molecular formula is C15H12FNO2S. The zero-order valence-corrected chi connectivity index (χ0v) is 11.3. The minimum Gasteiger partial charge on any atom is -0.395 e. The molecule has 3 nitrogen and oxygen atoms in total. The van der Waals surface area contributed by atoms with Crippen molar-refractivity contribution in [2.45, 2.75) is 6.42 Å². The number of hydrogen-bond acceptors (Lipinski definition) is 3. The normalized spacial score (nSPS) is 9.70. The Balaban J connectivity index is 2.07. The molecule has 0 fully saturated rings. The molecule has 0 saturated carbocycles. The average Bonchev–Trinajstić information content (AvgIpc) is 2.91. The number of nitrogens with one attached hydrogen (secondary N) is 1. The number of amides is 1. The van der Waals surface area contributed by atoms with Gasteiger partial charge in [-0.25, -0.2) is 4.39 Å². The second-order valence-corrected chi connectivity index (χ2v) is 4.96. The molecule has 0 spiro atoms. The summed E-state index contributed by atoms with van der Waals surface area (Å²) in [5.41, 5.74) is 0.152. The highest BCUT2D eigenvalue weighted by atomic mass is 32.1. The van der Waals surface area contributed by atoms with Gasteiger partial charge in [0.05, 0.1) is 22.0 Å². The molecule has 1 aromatic carbocycles. The van der Waals surface area contributed by atoms with E-state index in [-0.39, 0.29) is 18.2 Å². The first-order valence-corrected chi connectivity index (χ1v) is 6.78. The molecule has 102 valence electrons. The minimum absolute atomic E-state index is 0.0129. The largest absolute Gasteiger partial charge is 0.395 e. The van der Waals surface area contributed by atoms with Gasteiger partial charge in [0.2, 0.25) is 0 Å². The number of carbonyl (C=O) groups excluding carboxylic acids is 1. The predicted octanol–water partition coefficient (Wildman–Crippen LogP) is 2.87. The van der Waals surface area contributed by atoms with E-state index in [2.05, 4.69) is 17.2 Å². The van der Waals surface area contributed by atoms with E-state index < -0.39 is 5.82 Å². The number of halogens is 1. The quantitative estimate of drug-likeness (QED) is 0.854. The van der Waals surface area contributed by atoms with Gasteiger partial charge in [0.15, 0.2) is 0 Å². The number of carbonyl (C=O) groups is 1. The number of aliphatic hydroxyl groups is 1. The van der Waals surface area contributed by atoms with Crippen LogP contribution in [0.1, 0.15) is 21.0 Å². The summed E-state index contributed by atoms with van der Waals surface area (Å²) in [5.74, 6) is 4.79. The summed E-state index contributed by atoms with van der Waals surface area (Å²) < 4.78 is 13.4. The van der Waals surface area contributed by atoms with Crippen LogP contribution >= 0.6 is 11.3 Å². The Morgan fingerprint density at radius 2 is 2.10 bits per heavy atom. The summed E-state index contributed by atoms with van der Waals surface area (Å²) in [6, 6.07) is 9.37. The van der Waals surface area contributed by atoms with Crippen molar-refractivity contribution in [3.05, 3.63) is 52.0 Å². The van der Waals surface area contributed by atoms with Crippen molar-refractivity contribution >= 4 is 22.9 Å². The molecule has 5 heteroatoms. The van der Waals surface area contributed by atoms with E-state index in [0.29, 0.717) is 11.3 Å². The zero-order valence-electron chi connectivity index (χ0n) is 10.5. The average molecular weight is 289 g/mol. The number of anilines is 1. The Labute approximate surface area is 120 Å². The van der Waals surface area contributed by atoms with E-state index in [1.807, 2.05) is 0 Å². The maximum Gasteiger partial charge on any atom is 0.265 e.